The Labute approximate surface area is 124 Å². The summed E-state index contributed by atoms with van der Waals surface area (Å²) in [4.78, 5) is 12.1. The Morgan fingerprint density at radius 1 is 1.52 bits per heavy atom. The molecule has 1 aliphatic carbocycles. The summed E-state index contributed by atoms with van der Waals surface area (Å²) in [7, 11) is -3.99. The van der Waals surface area contributed by atoms with Crippen LogP contribution in [0, 0.1) is 5.92 Å². The minimum absolute atomic E-state index is 0.00547. The highest BCUT2D eigenvalue weighted by Crippen LogP contribution is 2.29. The van der Waals surface area contributed by atoms with Crippen LogP contribution >= 0.6 is 0 Å². The zero-order chi connectivity index (χ0) is 15.6. The molecule has 1 fully saturated rings. The third-order valence-electron chi connectivity index (χ3n) is 4.01. The fraction of sp³-hybridized carbons (Fsp3) is 0.692. The maximum absolute atomic E-state index is 12.3. The summed E-state index contributed by atoms with van der Waals surface area (Å²) < 4.78 is 23.5. The van der Waals surface area contributed by atoms with Gasteiger partial charge in [0.05, 0.1) is 5.69 Å². The molecule has 0 saturated heterocycles. The molecule has 0 aromatic carbocycles. The highest BCUT2D eigenvalue weighted by Gasteiger charge is 2.30. The second-order valence-corrected chi connectivity index (χ2v) is 7.13. The number of nitrogens with one attached hydrogen (secondary N) is 2. The summed E-state index contributed by atoms with van der Waals surface area (Å²) in [6.45, 7) is 3.84. The van der Waals surface area contributed by atoms with Crippen molar-refractivity contribution in [3.63, 3.8) is 0 Å². The van der Waals surface area contributed by atoms with Gasteiger partial charge < -0.3 is 5.32 Å². The van der Waals surface area contributed by atoms with Crippen molar-refractivity contribution in [2.75, 3.05) is 0 Å². The van der Waals surface area contributed by atoms with E-state index in [1.54, 1.807) is 0 Å². The van der Waals surface area contributed by atoms with Crippen molar-refractivity contribution in [1.82, 2.24) is 15.5 Å². The Morgan fingerprint density at radius 3 is 2.67 bits per heavy atom. The lowest BCUT2D eigenvalue weighted by atomic mass is 9.80. The van der Waals surface area contributed by atoms with Gasteiger partial charge in [-0.2, -0.15) is 5.10 Å². The van der Waals surface area contributed by atoms with Gasteiger partial charge in [-0.1, -0.05) is 19.8 Å². The average Bonchev–Trinajstić information content (AvgIpc) is 2.70. The Balaban J connectivity index is 2.24. The van der Waals surface area contributed by atoms with Gasteiger partial charge in [-0.15, -0.1) is 0 Å². The lowest BCUT2D eigenvalue weighted by Crippen LogP contribution is -2.41. The molecule has 1 saturated carbocycles. The van der Waals surface area contributed by atoms with E-state index < -0.39 is 15.9 Å². The molecule has 4 N–H and O–H groups in total. The van der Waals surface area contributed by atoms with E-state index in [1.165, 1.54) is 6.42 Å². The molecule has 8 heteroatoms. The van der Waals surface area contributed by atoms with Gasteiger partial charge in [0.25, 0.3) is 5.91 Å². The minimum Gasteiger partial charge on any atom is -0.348 e. The zero-order valence-corrected chi connectivity index (χ0v) is 13.2. The predicted octanol–water partition coefficient (Wildman–Crippen LogP) is 0.928. The van der Waals surface area contributed by atoms with Crippen LogP contribution < -0.4 is 10.5 Å². The summed E-state index contributed by atoms with van der Waals surface area (Å²) in [5.74, 6) is -0.0297. The molecule has 1 atom stereocenters. The quantitative estimate of drug-likeness (QED) is 0.723. The zero-order valence-electron chi connectivity index (χ0n) is 12.3. The van der Waals surface area contributed by atoms with Crippen LogP contribution in [-0.2, 0) is 16.4 Å². The SMILES string of the molecule is CCCc1[nH]nc(C(=O)NC(C)C2CCC2)c1S(N)(=O)=O. The molecule has 1 aliphatic rings. The Kier molecular flexibility index (Phi) is 4.67. The molecule has 1 unspecified atom stereocenters. The van der Waals surface area contributed by atoms with Gasteiger partial charge in [-0.3, -0.25) is 9.89 Å². The van der Waals surface area contributed by atoms with Gasteiger partial charge in [-0.05, 0) is 32.1 Å². The minimum atomic E-state index is -3.99. The molecule has 0 radical (unpaired) electrons. The number of nitrogens with zero attached hydrogens (tertiary/aromatic N) is 1. The highest BCUT2D eigenvalue weighted by atomic mass is 32.2. The second kappa shape index (κ2) is 6.15. The van der Waals surface area contributed by atoms with Crippen LogP contribution in [0.25, 0.3) is 0 Å². The summed E-state index contributed by atoms with van der Waals surface area (Å²) in [5.41, 5.74) is 0.258. The monoisotopic (exact) mass is 314 g/mol. The fourth-order valence-corrected chi connectivity index (χ4v) is 3.48. The van der Waals surface area contributed by atoms with Gasteiger partial charge in [0.2, 0.25) is 10.0 Å². The summed E-state index contributed by atoms with van der Waals surface area (Å²) in [6, 6.07) is 0.00547. The normalized spacial score (nSPS) is 17.3. The van der Waals surface area contributed by atoms with Crippen LogP contribution in [0.15, 0.2) is 4.90 Å². The predicted molar refractivity (Wildman–Crippen MR) is 78.2 cm³/mol. The number of rotatable bonds is 6. The molecule has 1 aromatic rings. The number of sulfonamides is 1. The second-order valence-electron chi connectivity index (χ2n) is 5.63. The van der Waals surface area contributed by atoms with E-state index in [9.17, 15) is 13.2 Å². The van der Waals surface area contributed by atoms with Gasteiger partial charge >= 0.3 is 0 Å². The first-order valence-electron chi connectivity index (χ1n) is 7.25. The van der Waals surface area contributed by atoms with E-state index in [-0.39, 0.29) is 16.6 Å². The maximum Gasteiger partial charge on any atom is 0.273 e. The third kappa shape index (κ3) is 3.44. The van der Waals surface area contributed by atoms with Gasteiger partial charge in [0.1, 0.15) is 4.90 Å². The number of amides is 1. The van der Waals surface area contributed by atoms with Gasteiger partial charge in [0.15, 0.2) is 5.69 Å². The average molecular weight is 314 g/mol. The number of aromatic nitrogens is 2. The van der Waals surface area contributed by atoms with Crippen molar-refractivity contribution < 1.29 is 13.2 Å². The van der Waals surface area contributed by atoms with Crippen LogP contribution in [0.1, 0.15) is 55.7 Å². The molecule has 1 aromatic heterocycles. The molecule has 21 heavy (non-hydrogen) atoms. The molecule has 0 bridgehead atoms. The first kappa shape index (κ1) is 16.0. The summed E-state index contributed by atoms with van der Waals surface area (Å²) in [5, 5.41) is 14.5. The van der Waals surface area contributed by atoms with Crippen molar-refractivity contribution in [2.24, 2.45) is 11.1 Å². The van der Waals surface area contributed by atoms with Crippen LogP contribution in [0.5, 0.6) is 0 Å². The van der Waals surface area contributed by atoms with E-state index in [4.69, 9.17) is 5.14 Å². The number of carbonyl (C=O) groups excluding carboxylic acids is 1. The van der Waals surface area contributed by atoms with E-state index in [2.05, 4.69) is 15.5 Å². The van der Waals surface area contributed by atoms with Crippen molar-refractivity contribution in [1.29, 1.82) is 0 Å². The van der Waals surface area contributed by atoms with Crippen LogP contribution in [0.2, 0.25) is 0 Å². The Hall–Kier alpha value is -1.41. The summed E-state index contributed by atoms with van der Waals surface area (Å²) in [6.07, 6.45) is 4.56. The molecule has 2 rings (SSSR count). The Morgan fingerprint density at radius 2 is 2.19 bits per heavy atom. The lowest BCUT2D eigenvalue weighted by Gasteiger charge is -2.31. The number of aryl methyl sites for hydroxylation is 1. The van der Waals surface area contributed by atoms with Crippen molar-refractivity contribution in [3.8, 4) is 0 Å². The van der Waals surface area contributed by atoms with Crippen molar-refractivity contribution >= 4 is 15.9 Å². The molecular weight excluding hydrogens is 292 g/mol. The van der Waals surface area contributed by atoms with Crippen molar-refractivity contribution in [3.05, 3.63) is 11.4 Å². The molecule has 0 aliphatic heterocycles. The van der Waals surface area contributed by atoms with E-state index in [0.29, 0.717) is 18.0 Å². The number of primary sulfonamides is 1. The topological polar surface area (TPSA) is 118 Å². The number of hydrogen-bond donors (Lipinski definition) is 3. The third-order valence-corrected chi connectivity index (χ3v) is 5.02. The largest absolute Gasteiger partial charge is 0.348 e. The van der Waals surface area contributed by atoms with Crippen LogP contribution in [0.4, 0.5) is 0 Å². The Bertz CT molecular complexity index is 619. The number of aromatic amines is 1. The van der Waals surface area contributed by atoms with Gasteiger partial charge in [-0.25, -0.2) is 13.6 Å². The first-order chi connectivity index (χ1) is 9.84. The highest BCUT2D eigenvalue weighted by molar-refractivity contribution is 7.89. The van der Waals surface area contributed by atoms with Crippen LogP contribution in [0.3, 0.4) is 0 Å². The molecule has 0 spiro atoms. The molecule has 118 valence electrons. The van der Waals surface area contributed by atoms with Gasteiger partial charge in [0, 0.05) is 6.04 Å². The van der Waals surface area contributed by atoms with E-state index >= 15 is 0 Å². The maximum atomic E-state index is 12.3. The van der Waals surface area contributed by atoms with Crippen LogP contribution in [-0.4, -0.2) is 30.6 Å². The molecular formula is C13H22N4O3S. The first-order valence-corrected chi connectivity index (χ1v) is 8.80. The number of nitrogens with two attached hydrogens (primary N) is 1. The smallest absolute Gasteiger partial charge is 0.273 e. The number of hydrogen-bond acceptors (Lipinski definition) is 4. The molecule has 1 amide bonds. The van der Waals surface area contributed by atoms with E-state index in [1.807, 2.05) is 13.8 Å². The number of H-pyrrole nitrogens is 1. The fourth-order valence-electron chi connectivity index (χ4n) is 2.58. The molecule has 1 heterocycles. The standard InChI is InChI=1S/C13H22N4O3S/c1-3-5-10-12(21(14,19)20)11(17-16-10)13(18)15-8(2)9-6-4-7-9/h8-9H,3-7H2,1-2H3,(H,15,18)(H,16,17)(H2,14,19,20). The summed E-state index contributed by atoms with van der Waals surface area (Å²) >= 11 is 0. The molecule has 7 nitrogen and oxygen atoms in total. The number of carbonyl (C=O) groups is 1. The van der Waals surface area contributed by atoms with E-state index in [0.717, 1.165) is 19.3 Å². The van der Waals surface area contributed by atoms with Crippen molar-refractivity contribution in [2.45, 2.75) is 56.9 Å². The lowest BCUT2D eigenvalue weighted by molar-refractivity contribution is 0.0900.